The number of ketones is 1. The molecule has 1 saturated heterocycles. The topological polar surface area (TPSA) is 61.8 Å². The molecule has 1 unspecified atom stereocenters. The lowest BCUT2D eigenvalue weighted by atomic mass is 9.93. The molecule has 1 atom stereocenters. The van der Waals surface area contributed by atoms with Gasteiger partial charge in [-0.1, -0.05) is 19.8 Å². The fourth-order valence-corrected chi connectivity index (χ4v) is 2.68. The van der Waals surface area contributed by atoms with Crippen LogP contribution in [0.5, 0.6) is 0 Å². The van der Waals surface area contributed by atoms with Crippen LogP contribution in [0, 0.1) is 5.92 Å². The van der Waals surface area contributed by atoms with Crippen LogP contribution >= 0.6 is 0 Å². The summed E-state index contributed by atoms with van der Waals surface area (Å²) in [6.07, 6.45) is 4.03. The van der Waals surface area contributed by atoms with Gasteiger partial charge in [-0.15, -0.1) is 0 Å². The lowest BCUT2D eigenvalue weighted by Crippen LogP contribution is -2.22. The van der Waals surface area contributed by atoms with Crippen LogP contribution in [0.15, 0.2) is 11.3 Å². The van der Waals surface area contributed by atoms with Gasteiger partial charge in [-0.2, -0.15) is 0 Å². The van der Waals surface area contributed by atoms with E-state index >= 15 is 0 Å². The Balaban J connectivity index is 2.39. The number of allylic oxidation sites excluding steroid dienone is 1. The predicted octanol–water partition coefficient (Wildman–Crippen LogP) is 3.41. The van der Waals surface area contributed by atoms with E-state index in [4.69, 9.17) is 14.2 Å². The van der Waals surface area contributed by atoms with Crippen LogP contribution in [0.1, 0.15) is 59.3 Å². The molecule has 0 aromatic carbocycles. The van der Waals surface area contributed by atoms with E-state index in [-0.39, 0.29) is 36.8 Å². The number of hydrogen-bond acceptors (Lipinski definition) is 5. The smallest absolute Gasteiger partial charge is 0.310 e. The average molecular weight is 326 g/mol. The largest absolute Gasteiger partial charge is 0.501 e. The quantitative estimate of drug-likeness (QED) is 0.455. The summed E-state index contributed by atoms with van der Waals surface area (Å²) in [4.78, 5) is 23.4. The average Bonchev–Trinajstić information content (AvgIpc) is 2.91. The summed E-state index contributed by atoms with van der Waals surface area (Å²) >= 11 is 0. The van der Waals surface area contributed by atoms with Crippen molar-refractivity contribution in [2.45, 2.75) is 64.9 Å². The summed E-state index contributed by atoms with van der Waals surface area (Å²) in [6, 6.07) is 0. The van der Waals surface area contributed by atoms with Crippen LogP contribution in [-0.4, -0.2) is 38.2 Å². The molecule has 0 saturated carbocycles. The van der Waals surface area contributed by atoms with Crippen molar-refractivity contribution in [2.75, 3.05) is 20.8 Å². The zero-order valence-corrected chi connectivity index (χ0v) is 15.1. The van der Waals surface area contributed by atoms with Crippen LogP contribution < -0.4 is 0 Å². The molecule has 0 amide bonds. The van der Waals surface area contributed by atoms with Crippen LogP contribution in [0.3, 0.4) is 0 Å². The summed E-state index contributed by atoms with van der Waals surface area (Å²) in [6.45, 7) is 6.49. The second-order valence-electron chi connectivity index (χ2n) is 6.95. The van der Waals surface area contributed by atoms with Crippen molar-refractivity contribution in [1.29, 1.82) is 0 Å². The number of esters is 1. The molecule has 5 nitrogen and oxygen atoms in total. The van der Waals surface area contributed by atoms with E-state index < -0.39 is 0 Å². The lowest BCUT2D eigenvalue weighted by molar-refractivity contribution is -0.138. The first kappa shape index (κ1) is 19.7. The van der Waals surface area contributed by atoms with Crippen molar-refractivity contribution in [1.82, 2.24) is 0 Å². The Kier molecular flexibility index (Phi) is 7.76. The molecule has 0 aromatic rings. The summed E-state index contributed by atoms with van der Waals surface area (Å²) in [5, 5.41) is 0. The highest BCUT2D eigenvalue weighted by molar-refractivity contribution is 5.82. The molecule has 1 rings (SSSR count). The lowest BCUT2D eigenvalue weighted by Gasteiger charge is -2.23. The van der Waals surface area contributed by atoms with Gasteiger partial charge in [0.2, 0.25) is 0 Å². The van der Waals surface area contributed by atoms with Gasteiger partial charge in [0.25, 0.3) is 0 Å². The van der Waals surface area contributed by atoms with Gasteiger partial charge in [0.1, 0.15) is 18.1 Å². The van der Waals surface area contributed by atoms with Crippen molar-refractivity contribution < 1.29 is 23.8 Å². The van der Waals surface area contributed by atoms with E-state index in [1.807, 2.05) is 0 Å². The number of ether oxygens (including phenoxy) is 3. The fraction of sp³-hybridized carbons (Fsp3) is 0.778. The van der Waals surface area contributed by atoms with Gasteiger partial charge in [0, 0.05) is 19.1 Å². The molecule has 0 spiro atoms. The monoisotopic (exact) mass is 326 g/mol. The highest BCUT2D eigenvalue weighted by atomic mass is 16.5. The maximum absolute atomic E-state index is 12.2. The zero-order chi connectivity index (χ0) is 17.5. The highest BCUT2D eigenvalue weighted by Crippen LogP contribution is 2.24. The Hall–Kier alpha value is -1.36. The second kappa shape index (κ2) is 9.06. The third kappa shape index (κ3) is 7.16. The van der Waals surface area contributed by atoms with Crippen molar-refractivity contribution >= 4 is 11.8 Å². The van der Waals surface area contributed by atoms with E-state index in [9.17, 15) is 9.59 Å². The number of hydrogen-bond donors (Lipinski definition) is 0. The maximum Gasteiger partial charge on any atom is 0.310 e. The van der Waals surface area contributed by atoms with Gasteiger partial charge in [-0.25, -0.2) is 0 Å². The van der Waals surface area contributed by atoms with Crippen LogP contribution in [0.2, 0.25) is 0 Å². The zero-order valence-electron chi connectivity index (χ0n) is 15.1. The third-order valence-electron chi connectivity index (χ3n) is 4.37. The maximum atomic E-state index is 12.2. The second-order valence-corrected chi connectivity index (χ2v) is 6.95. The first-order valence-corrected chi connectivity index (χ1v) is 8.24. The Labute approximate surface area is 139 Å². The minimum Gasteiger partial charge on any atom is -0.501 e. The Morgan fingerprint density at radius 1 is 1.35 bits per heavy atom. The van der Waals surface area contributed by atoms with Crippen molar-refractivity contribution in [3.63, 3.8) is 0 Å². The van der Waals surface area contributed by atoms with Gasteiger partial charge in [0.05, 0.1) is 25.6 Å². The Morgan fingerprint density at radius 2 is 2.04 bits per heavy atom. The minimum atomic E-state index is -0.254. The number of carbonyl (C=O) groups excluding carboxylic acids is 2. The molecule has 1 fully saturated rings. The van der Waals surface area contributed by atoms with Gasteiger partial charge >= 0.3 is 5.97 Å². The summed E-state index contributed by atoms with van der Waals surface area (Å²) in [5.74, 6) is 0.816. The van der Waals surface area contributed by atoms with E-state index in [0.717, 1.165) is 24.8 Å². The SMILES string of the molecule is COC(CC(=O)CC(C)CCCC(C)(C)OC)=C1COC(=O)C1. The molecule has 0 N–H and O–H groups in total. The Bertz CT molecular complexity index is 450. The molecule has 0 aromatic heterocycles. The third-order valence-corrected chi connectivity index (χ3v) is 4.37. The van der Waals surface area contributed by atoms with Crippen molar-refractivity contribution in [2.24, 2.45) is 5.92 Å². The molecule has 0 radical (unpaired) electrons. The molecule has 1 aliphatic rings. The molecule has 1 heterocycles. The van der Waals surface area contributed by atoms with Gasteiger partial charge < -0.3 is 14.2 Å². The first-order valence-electron chi connectivity index (χ1n) is 8.24. The number of methoxy groups -OCH3 is 2. The molecule has 23 heavy (non-hydrogen) atoms. The summed E-state index contributed by atoms with van der Waals surface area (Å²) in [7, 11) is 3.26. The fourth-order valence-electron chi connectivity index (χ4n) is 2.68. The van der Waals surface area contributed by atoms with Gasteiger partial charge in [-0.3, -0.25) is 9.59 Å². The summed E-state index contributed by atoms with van der Waals surface area (Å²) < 4.78 is 15.6. The first-order chi connectivity index (χ1) is 10.8. The molecule has 5 heteroatoms. The minimum absolute atomic E-state index is 0.105. The van der Waals surface area contributed by atoms with E-state index in [1.165, 1.54) is 7.11 Å². The predicted molar refractivity (Wildman–Crippen MR) is 88.0 cm³/mol. The van der Waals surface area contributed by atoms with Crippen LogP contribution in [0.25, 0.3) is 0 Å². The molecular formula is C18H30O5. The molecular weight excluding hydrogens is 296 g/mol. The summed E-state index contributed by atoms with van der Waals surface area (Å²) in [5.41, 5.74) is 0.687. The van der Waals surface area contributed by atoms with Crippen molar-refractivity contribution in [3.8, 4) is 0 Å². The van der Waals surface area contributed by atoms with Crippen molar-refractivity contribution in [3.05, 3.63) is 11.3 Å². The van der Waals surface area contributed by atoms with Gasteiger partial charge in [-0.05, 0) is 26.2 Å². The normalized spacial score (nSPS) is 18.6. The number of carbonyl (C=O) groups is 2. The Morgan fingerprint density at radius 3 is 2.57 bits per heavy atom. The number of rotatable bonds is 10. The van der Waals surface area contributed by atoms with E-state index in [0.29, 0.717) is 18.1 Å². The molecule has 132 valence electrons. The number of Topliss-reactive ketones (excluding diaryl/α,β-unsaturated/α-hetero) is 1. The van der Waals surface area contributed by atoms with Crippen LogP contribution in [-0.2, 0) is 23.8 Å². The van der Waals surface area contributed by atoms with E-state index in [1.54, 1.807) is 7.11 Å². The molecule has 0 aliphatic carbocycles. The highest BCUT2D eigenvalue weighted by Gasteiger charge is 2.23. The number of cyclic esters (lactones) is 1. The molecule has 0 bridgehead atoms. The van der Waals surface area contributed by atoms with E-state index in [2.05, 4.69) is 20.8 Å². The molecule has 1 aliphatic heterocycles. The van der Waals surface area contributed by atoms with Gasteiger partial charge in [0.15, 0.2) is 0 Å². The standard InChI is InChI=1S/C18H30O5/c1-13(7-6-8-18(2,3)22-5)9-15(19)11-16(21-4)14-10-17(20)23-12-14/h13H,6-12H2,1-5H3. The van der Waals surface area contributed by atoms with Crippen LogP contribution in [0.4, 0.5) is 0 Å².